The van der Waals surface area contributed by atoms with Gasteiger partial charge in [0.25, 0.3) is 0 Å². The normalized spacial score (nSPS) is 11.8. The largest absolute Gasteiger partial charge is 0.493 e. The van der Waals surface area contributed by atoms with Gasteiger partial charge < -0.3 is 23.4 Å². The van der Waals surface area contributed by atoms with Crippen molar-refractivity contribution >= 4 is 16.9 Å². The van der Waals surface area contributed by atoms with E-state index in [0.717, 1.165) is 6.92 Å². The number of rotatable bonds is 7. The lowest BCUT2D eigenvalue weighted by molar-refractivity contribution is -0.141. The Labute approximate surface area is 217 Å². The second kappa shape index (κ2) is 10.6. The van der Waals surface area contributed by atoms with Crippen LogP contribution < -0.4 is 24.4 Å². The Kier molecular flexibility index (Phi) is 7.48. The molecule has 0 bridgehead atoms. The number of fused-ring (bicyclic) bond motifs is 1. The molecule has 1 heterocycles. The number of methoxy groups -OCH3 is 2. The third-order valence-corrected chi connectivity index (χ3v) is 5.73. The maximum absolute atomic E-state index is 13.9. The molecule has 0 fully saturated rings. The number of aryl methyl sites for hydroxylation is 1. The molecule has 4 aromatic rings. The first-order valence-corrected chi connectivity index (χ1v) is 11.2. The predicted octanol–water partition coefficient (Wildman–Crippen LogP) is 5.85. The van der Waals surface area contributed by atoms with Crippen LogP contribution in [0.1, 0.15) is 12.7 Å². The second-order valence-electron chi connectivity index (χ2n) is 8.17. The zero-order chi connectivity index (χ0) is 28.6. The number of ether oxygens (including phenoxy) is 4. The minimum absolute atomic E-state index is 0.0559. The van der Waals surface area contributed by atoms with Crippen molar-refractivity contribution < 1.29 is 50.1 Å². The first-order valence-electron chi connectivity index (χ1n) is 11.2. The van der Waals surface area contributed by atoms with E-state index in [4.69, 9.17) is 18.6 Å². The summed E-state index contributed by atoms with van der Waals surface area (Å²) in [5.41, 5.74) is 0.440. The Morgan fingerprint density at radius 1 is 0.846 bits per heavy atom. The molecular formula is C27H19F5O7. The molecule has 0 N–H and O–H groups in total. The van der Waals surface area contributed by atoms with Gasteiger partial charge in [0.15, 0.2) is 23.4 Å². The van der Waals surface area contributed by atoms with E-state index in [0.29, 0.717) is 17.1 Å². The Morgan fingerprint density at radius 2 is 1.46 bits per heavy atom. The van der Waals surface area contributed by atoms with Crippen LogP contribution in [-0.2, 0) is 4.79 Å². The van der Waals surface area contributed by atoms with Gasteiger partial charge in [0.05, 0.1) is 25.2 Å². The van der Waals surface area contributed by atoms with Crippen molar-refractivity contribution in [3.63, 3.8) is 0 Å². The molecule has 0 saturated heterocycles. The third kappa shape index (κ3) is 4.97. The van der Waals surface area contributed by atoms with Crippen LogP contribution in [0.3, 0.4) is 0 Å². The zero-order valence-electron chi connectivity index (χ0n) is 20.8. The fraction of sp³-hybridized carbons (Fsp3) is 0.185. The summed E-state index contributed by atoms with van der Waals surface area (Å²) in [6.45, 7) is 2.55. The zero-order valence-corrected chi connectivity index (χ0v) is 20.8. The van der Waals surface area contributed by atoms with E-state index in [-0.39, 0.29) is 33.5 Å². The average molecular weight is 550 g/mol. The number of halogens is 5. The van der Waals surface area contributed by atoms with E-state index < -0.39 is 46.9 Å². The van der Waals surface area contributed by atoms with Crippen LogP contribution in [0.4, 0.5) is 22.0 Å². The van der Waals surface area contributed by atoms with E-state index in [9.17, 15) is 31.5 Å². The first-order chi connectivity index (χ1) is 18.5. The fourth-order valence-corrected chi connectivity index (χ4v) is 3.79. The number of benzene rings is 3. The Bertz CT molecular complexity index is 1640. The van der Waals surface area contributed by atoms with Gasteiger partial charge in [-0.1, -0.05) is 6.07 Å². The van der Waals surface area contributed by atoms with Gasteiger partial charge in [-0.05, 0) is 43.7 Å². The van der Waals surface area contributed by atoms with Crippen molar-refractivity contribution in [3.8, 4) is 34.1 Å². The van der Waals surface area contributed by atoms with Crippen LogP contribution >= 0.6 is 0 Å². The predicted molar refractivity (Wildman–Crippen MR) is 128 cm³/mol. The molecule has 1 aromatic heterocycles. The highest BCUT2D eigenvalue weighted by molar-refractivity contribution is 5.85. The van der Waals surface area contributed by atoms with Crippen LogP contribution in [0.25, 0.3) is 22.1 Å². The molecule has 0 radical (unpaired) electrons. The summed E-state index contributed by atoms with van der Waals surface area (Å²) in [5.74, 6) is -13.2. The van der Waals surface area contributed by atoms with Crippen molar-refractivity contribution in [1.29, 1.82) is 0 Å². The van der Waals surface area contributed by atoms with Gasteiger partial charge in [-0.2, -0.15) is 8.78 Å². The Morgan fingerprint density at radius 3 is 2.08 bits per heavy atom. The summed E-state index contributed by atoms with van der Waals surface area (Å²) in [4.78, 5) is 25.7. The Balaban J connectivity index is 1.61. The molecule has 0 aliphatic heterocycles. The summed E-state index contributed by atoms with van der Waals surface area (Å²) >= 11 is 0. The van der Waals surface area contributed by atoms with E-state index in [1.54, 1.807) is 25.1 Å². The molecule has 39 heavy (non-hydrogen) atoms. The summed E-state index contributed by atoms with van der Waals surface area (Å²) in [6.07, 6.45) is -1.78. The van der Waals surface area contributed by atoms with E-state index >= 15 is 0 Å². The molecular weight excluding hydrogens is 531 g/mol. The standard InChI is InChI=1S/C27H19F5O7/c1-11-19(13-5-8-16(35-3)18(9-13)36-4)25(33)15-7-6-14(10-17(15)37-11)39-27(34)12(2)38-26-23(31)21(29)20(28)22(30)24(26)32/h5-10,12H,1-4H3. The quantitative estimate of drug-likeness (QED) is 0.0938. The van der Waals surface area contributed by atoms with E-state index in [1.165, 1.54) is 32.4 Å². The van der Waals surface area contributed by atoms with Crippen LogP contribution in [0.2, 0.25) is 0 Å². The van der Waals surface area contributed by atoms with Crippen LogP contribution in [-0.4, -0.2) is 26.3 Å². The lowest BCUT2D eigenvalue weighted by Crippen LogP contribution is -2.29. The van der Waals surface area contributed by atoms with Crippen molar-refractivity contribution in [3.05, 3.63) is 81.5 Å². The summed E-state index contributed by atoms with van der Waals surface area (Å²) in [6, 6.07) is 8.74. The number of carbonyl (C=O) groups excluding carboxylic acids is 1. The van der Waals surface area contributed by atoms with Crippen molar-refractivity contribution in [2.45, 2.75) is 20.0 Å². The van der Waals surface area contributed by atoms with E-state index in [1.807, 2.05) is 0 Å². The molecule has 12 heteroatoms. The highest BCUT2D eigenvalue weighted by Crippen LogP contribution is 2.34. The summed E-state index contributed by atoms with van der Waals surface area (Å²) in [7, 11) is 2.93. The molecule has 0 aliphatic carbocycles. The smallest absolute Gasteiger partial charge is 0.352 e. The lowest BCUT2D eigenvalue weighted by Gasteiger charge is -2.16. The molecule has 204 valence electrons. The average Bonchev–Trinajstić information content (AvgIpc) is 2.92. The van der Waals surface area contributed by atoms with Gasteiger partial charge in [-0.25, -0.2) is 18.0 Å². The maximum Gasteiger partial charge on any atom is 0.352 e. The van der Waals surface area contributed by atoms with Crippen LogP contribution in [0.15, 0.2) is 45.6 Å². The van der Waals surface area contributed by atoms with Gasteiger partial charge in [0.2, 0.25) is 34.5 Å². The highest BCUT2D eigenvalue weighted by Gasteiger charge is 2.30. The molecule has 3 aromatic carbocycles. The summed E-state index contributed by atoms with van der Waals surface area (Å²) < 4.78 is 93.9. The molecule has 0 spiro atoms. The van der Waals surface area contributed by atoms with Gasteiger partial charge in [0.1, 0.15) is 17.1 Å². The van der Waals surface area contributed by atoms with Crippen LogP contribution in [0.5, 0.6) is 23.0 Å². The second-order valence-corrected chi connectivity index (χ2v) is 8.17. The minimum Gasteiger partial charge on any atom is -0.493 e. The number of esters is 1. The molecule has 1 atom stereocenters. The van der Waals surface area contributed by atoms with Crippen molar-refractivity contribution in [1.82, 2.24) is 0 Å². The first kappa shape index (κ1) is 27.4. The van der Waals surface area contributed by atoms with Crippen molar-refractivity contribution in [2.24, 2.45) is 0 Å². The van der Waals surface area contributed by atoms with Crippen LogP contribution in [0, 0.1) is 36.0 Å². The van der Waals surface area contributed by atoms with Crippen molar-refractivity contribution in [2.75, 3.05) is 14.2 Å². The molecule has 0 amide bonds. The monoisotopic (exact) mass is 550 g/mol. The van der Waals surface area contributed by atoms with Gasteiger partial charge in [0, 0.05) is 6.07 Å². The summed E-state index contributed by atoms with van der Waals surface area (Å²) in [5, 5.41) is 0.149. The molecule has 0 aliphatic rings. The minimum atomic E-state index is -2.37. The van der Waals surface area contributed by atoms with Gasteiger partial charge >= 0.3 is 5.97 Å². The number of hydrogen-bond acceptors (Lipinski definition) is 7. The SMILES string of the molecule is COc1ccc(-c2c(C)oc3cc(OC(=O)C(C)Oc4c(F)c(F)c(F)c(F)c4F)ccc3c2=O)cc1OC. The molecule has 7 nitrogen and oxygen atoms in total. The number of carbonyl (C=O) groups is 1. The topological polar surface area (TPSA) is 84.2 Å². The molecule has 1 unspecified atom stereocenters. The lowest BCUT2D eigenvalue weighted by atomic mass is 10.0. The van der Waals surface area contributed by atoms with E-state index in [2.05, 4.69) is 4.74 Å². The Hall–Kier alpha value is -4.61. The van der Waals surface area contributed by atoms with Gasteiger partial charge in [-0.15, -0.1) is 0 Å². The number of hydrogen-bond donors (Lipinski definition) is 0. The third-order valence-electron chi connectivity index (χ3n) is 5.73. The fourth-order valence-electron chi connectivity index (χ4n) is 3.79. The molecule has 0 saturated carbocycles. The maximum atomic E-state index is 13.9. The highest BCUT2D eigenvalue weighted by atomic mass is 19.2. The molecule has 4 rings (SSSR count). The van der Waals surface area contributed by atoms with Gasteiger partial charge in [-0.3, -0.25) is 4.79 Å².